The second-order valence-corrected chi connectivity index (χ2v) is 11.3. The summed E-state index contributed by atoms with van der Waals surface area (Å²) >= 11 is 5.18. The normalized spacial score (nSPS) is 15.5. The van der Waals surface area contributed by atoms with E-state index in [2.05, 4.69) is 49.3 Å². The molecule has 0 bridgehead atoms. The van der Waals surface area contributed by atoms with Gasteiger partial charge in [0.15, 0.2) is 0 Å². The molecule has 2 N–H and O–H groups in total. The maximum absolute atomic E-state index is 13.0. The molecule has 1 heterocycles. The Morgan fingerprint density at radius 1 is 1.17 bits per heavy atom. The highest BCUT2D eigenvalue weighted by Crippen LogP contribution is 2.47. The van der Waals surface area contributed by atoms with Crippen molar-refractivity contribution in [1.29, 1.82) is 0 Å². The summed E-state index contributed by atoms with van der Waals surface area (Å²) in [5.41, 5.74) is 4.62. The molecule has 2 aliphatic carbocycles. The van der Waals surface area contributed by atoms with Crippen LogP contribution in [0.15, 0.2) is 40.9 Å². The second kappa shape index (κ2) is 10.8. The number of nitrogens with one attached hydrogen (secondary N) is 2. The summed E-state index contributed by atoms with van der Waals surface area (Å²) in [6.07, 6.45) is 8.51. The number of nitrogens with zero attached hydrogens (tertiary/aromatic N) is 3. The third kappa shape index (κ3) is 5.13. The van der Waals surface area contributed by atoms with Crippen LogP contribution in [0.4, 0.5) is 5.69 Å². The summed E-state index contributed by atoms with van der Waals surface area (Å²) in [6, 6.07) is 12.1. The Hall–Kier alpha value is -2.52. The van der Waals surface area contributed by atoms with Crippen LogP contribution in [0.25, 0.3) is 16.6 Å². The van der Waals surface area contributed by atoms with Gasteiger partial charge in [-0.1, -0.05) is 34.3 Å². The van der Waals surface area contributed by atoms with E-state index in [4.69, 9.17) is 5.10 Å². The van der Waals surface area contributed by atoms with Gasteiger partial charge in [0.2, 0.25) is 5.91 Å². The van der Waals surface area contributed by atoms with Gasteiger partial charge in [-0.3, -0.25) is 9.59 Å². The molecule has 2 aromatic carbocycles. The molecule has 1 aromatic heterocycles. The molecule has 7 nitrogen and oxygen atoms in total. The van der Waals surface area contributed by atoms with Crippen LogP contribution in [0.3, 0.4) is 0 Å². The first kappa shape index (κ1) is 25.1. The lowest BCUT2D eigenvalue weighted by Gasteiger charge is -2.26. The largest absolute Gasteiger partial charge is 0.356 e. The number of aromatic nitrogens is 2. The Kier molecular flexibility index (Phi) is 7.57. The van der Waals surface area contributed by atoms with Crippen molar-refractivity contribution in [3.05, 3.63) is 52.1 Å². The summed E-state index contributed by atoms with van der Waals surface area (Å²) in [5.74, 6) is 0.780. The van der Waals surface area contributed by atoms with Crippen molar-refractivity contribution in [1.82, 2.24) is 20.4 Å². The molecule has 2 amide bonds. The highest BCUT2D eigenvalue weighted by molar-refractivity contribution is 9.10. The van der Waals surface area contributed by atoms with Gasteiger partial charge in [0.05, 0.1) is 16.9 Å². The van der Waals surface area contributed by atoms with Crippen molar-refractivity contribution < 1.29 is 9.59 Å². The van der Waals surface area contributed by atoms with Crippen LogP contribution in [-0.2, 0) is 4.79 Å². The van der Waals surface area contributed by atoms with Crippen LogP contribution >= 0.6 is 27.9 Å². The molecule has 2 fully saturated rings. The number of benzene rings is 2. The Labute approximate surface area is 224 Å². The first-order valence-electron chi connectivity index (χ1n) is 12.6. The highest BCUT2D eigenvalue weighted by Gasteiger charge is 2.30. The van der Waals surface area contributed by atoms with E-state index < -0.39 is 0 Å². The Morgan fingerprint density at radius 2 is 1.92 bits per heavy atom. The number of hydrogen-bond donors (Lipinski definition) is 2. The monoisotopic (exact) mass is 569 g/mol. The lowest BCUT2D eigenvalue weighted by molar-refractivity contribution is -0.127. The van der Waals surface area contributed by atoms with Gasteiger partial charge in [0.1, 0.15) is 5.69 Å². The van der Waals surface area contributed by atoms with E-state index in [1.807, 2.05) is 24.3 Å². The van der Waals surface area contributed by atoms with Gasteiger partial charge in [-0.05, 0) is 80.0 Å². The van der Waals surface area contributed by atoms with Crippen LogP contribution in [-0.4, -0.2) is 48.0 Å². The van der Waals surface area contributed by atoms with Crippen molar-refractivity contribution in [3.8, 4) is 5.69 Å². The molecule has 0 aliphatic heterocycles. The number of carbonyl (C=O) groups excluding carboxylic acids is 2. The number of fused-ring (bicyclic) bond motifs is 1. The molecule has 0 radical (unpaired) electrons. The third-order valence-electron chi connectivity index (χ3n) is 7.15. The van der Waals surface area contributed by atoms with Gasteiger partial charge in [-0.25, -0.2) is 4.68 Å². The molecule has 5 rings (SSSR count). The number of rotatable bonds is 10. The number of amides is 2. The minimum absolute atomic E-state index is 0.154. The molecule has 2 aliphatic rings. The summed E-state index contributed by atoms with van der Waals surface area (Å²) in [6.45, 7) is 1.51. The average Bonchev–Trinajstić information content (AvgIpc) is 3.63. The van der Waals surface area contributed by atoms with Gasteiger partial charge in [-0.15, -0.1) is 0 Å². The lowest BCUT2D eigenvalue weighted by Crippen LogP contribution is -2.35. The van der Waals surface area contributed by atoms with Crippen molar-refractivity contribution in [3.63, 3.8) is 0 Å². The molecule has 0 spiro atoms. The van der Waals surface area contributed by atoms with Gasteiger partial charge in [0.25, 0.3) is 5.91 Å². The zero-order valence-electron chi connectivity index (χ0n) is 20.7. The Morgan fingerprint density at radius 3 is 2.53 bits per heavy atom. The molecule has 9 heteroatoms. The summed E-state index contributed by atoms with van der Waals surface area (Å²) in [4.78, 5) is 25.2. The zero-order valence-corrected chi connectivity index (χ0v) is 23.1. The number of hydrogen-bond acceptors (Lipinski definition) is 5. The quantitative estimate of drug-likeness (QED) is 0.252. The SMILES string of the molecule is CNC(=O)c1c2cc(C3CC3)c(N(CCCNC(=O)C3CCC3)SC)cc2nn1-c1ccc(Br)cc1. The lowest BCUT2D eigenvalue weighted by atomic mass is 9.85. The summed E-state index contributed by atoms with van der Waals surface area (Å²) in [5, 5.41) is 11.7. The van der Waals surface area contributed by atoms with Crippen molar-refractivity contribution in [2.45, 2.75) is 44.4 Å². The maximum atomic E-state index is 13.0. The standard InChI is InChI=1S/C27H32BrN5O2S/c1-29-27(35)25-22-15-21(17-7-8-17)24(16-23(22)31-33(25)20-11-9-19(28)10-12-20)32(36-2)14-4-13-30-26(34)18-5-3-6-18/h9-12,15-18H,3-8,13-14H2,1-2H3,(H,29,35)(H,30,34). The fourth-order valence-electron chi connectivity index (χ4n) is 4.74. The predicted octanol–water partition coefficient (Wildman–Crippen LogP) is 5.42. The molecule has 0 saturated heterocycles. The van der Waals surface area contributed by atoms with E-state index in [0.29, 0.717) is 18.2 Å². The summed E-state index contributed by atoms with van der Waals surface area (Å²) < 4.78 is 5.03. The molecule has 0 unspecified atom stereocenters. The topological polar surface area (TPSA) is 79.3 Å². The first-order valence-corrected chi connectivity index (χ1v) is 14.6. The minimum atomic E-state index is -0.154. The van der Waals surface area contributed by atoms with Crippen LogP contribution in [0, 0.1) is 5.92 Å². The van der Waals surface area contributed by atoms with Crippen molar-refractivity contribution >= 4 is 56.3 Å². The van der Waals surface area contributed by atoms with Crippen molar-refractivity contribution in [2.24, 2.45) is 5.92 Å². The molecule has 190 valence electrons. The Bertz CT molecular complexity index is 1270. The van der Waals surface area contributed by atoms with Crippen LogP contribution in [0.2, 0.25) is 0 Å². The van der Waals surface area contributed by atoms with Gasteiger partial charge < -0.3 is 14.9 Å². The van der Waals surface area contributed by atoms with E-state index in [0.717, 1.165) is 65.4 Å². The van der Waals surface area contributed by atoms with Gasteiger partial charge in [0, 0.05) is 42.2 Å². The molecule has 0 atom stereocenters. The smallest absolute Gasteiger partial charge is 0.270 e. The molecular weight excluding hydrogens is 538 g/mol. The van der Waals surface area contributed by atoms with Crippen LogP contribution in [0.1, 0.15) is 60.5 Å². The second-order valence-electron chi connectivity index (χ2n) is 9.58. The Balaban J connectivity index is 1.45. The number of anilines is 1. The van der Waals surface area contributed by atoms with E-state index in [9.17, 15) is 9.59 Å². The van der Waals surface area contributed by atoms with Crippen LogP contribution < -0.4 is 14.9 Å². The van der Waals surface area contributed by atoms with Gasteiger partial charge in [-0.2, -0.15) is 5.10 Å². The molecule has 36 heavy (non-hydrogen) atoms. The fraction of sp³-hybridized carbons (Fsp3) is 0.444. The van der Waals surface area contributed by atoms with E-state index in [1.165, 1.54) is 12.0 Å². The average molecular weight is 571 g/mol. The predicted molar refractivity (Wildman–Crippen MR) is 150 cm³/mol. The highest BCUT2D eigenvalue weighted by atomic mass is 79.9. The summed E-state index contributed by atoms with van der Waals surface area (Å²) in [7, 11) is 1.66. The van der Waals surface area contributed by atoms with Crippen molar-refractivity contribution in [2.75, 3.05) is 30.7 Å². The first-order chi connectivity index (χ1) is 17.5. The third-order valence-corrected chi connectivity index (χ3v) is 8.50. The maximum Gasteiger partial charge on any atom is 0.270 e. The minimum Gasteiger partial charge on any atom is -0.356 e. The molecular formula is C27H32BrN5O2S. The zero-order chi connectivity index (χ0) is 25.2. The van der Waals surface area contributed by atoms with Crippen LogP contribution in [0.5, 0.6) is 0 Å². The van der Waals surface area contributed by atoms with E-state index in [-0.39, 0.29) is 17.7 Å². The van der Waals surface area contributed by atoms with E-state index >= 15 is 0 Å². The molecule has 2 saturated carbocycles. The molecule has 3 aromatic rings. The fourth-order valence-corrected chi connectivity index (χ4v) is 5.67. The van der Waals surface area contributed by atoms with E-state index in [1.54, 1.807) is 23.7 Å². The van der Waals surface area contributed by atoms with Gasteiger partial charge >= 0.3 is 0 Å². The number of halogens is 1. The number of carbonyl (C=O) groups is 2.